The normalized spacial score (nSPS) is 12.6. The molecular formula is C25H19Cl2F4N5O2S. The van der Waals surface area contributed by atoms with Crippen LogP contribution in [0.3, 0.4) is 0 Å². The first-order valence-corrected chi connectivity index (χ1v) is 13.5. The summed E-state index contributed by atoms with van der Waals surface area (Å²) in [5, 5.41) is 1.42. The van der Waals surface area contributed by atoms with E-state index in [-0.39, 0.29) is 32.6 Å². The van der Waals surface area contributed by atoms with Crippen LogP contribution >= 0.6 is 23.2 Å². The Balaban J connectivity index is 1.96. The number of benzene rings is 3. The number of hydrogen-bond acceptors (Lipinski definition) is 6. The van der Waals surface area contributed by atoms with Crippen LogP contribution in [0, 0.1) is 5.82 Å². The second-order valence-electron chi connectivity index (χ2n) is 8.34. The third-order valence-corrected chi connectivity index (χ3v) is 7.31. The summed E-state index contributed by atoms with van der Waals surface area (Å²) < 4.78 is 80.6. The Bertz CT molecular complexity index is 1710. The molecule has 0 fully saturated rings. The lowest BCUT2D eigenvalue weighted by atomic mass is 10.0. The van der Waals surface area contributed by atoms with E-state index in [1.165, 1.54) is 42.5 Å². The lowest BCUT2D eigenvalue weighted by Crippen LogP contribution is -2.31. The molecule has 0 aliphatic rings. The van der Waals surface area contributed by atoms with Crippen LogP contribution in [0.1, 0.15) is 11.3 Å². The number of rotatable bonds is 6. The molecule has 39 heavy (non-hydrogen) atoms. The summed E-state index contributed by atoms with van der Waals surface area (Å²) in [5.41, 5.74) is 4.93. The molecule has 0 radical (unpaired) electrons. The van der Waals surface area contributed by atoms with Crippen LogP contribution in [-0.2, 0) is 16.0 Å². The first-order valence-electron chi connectivity index (χ1n) is 10.9. The summed E-state index contributed by atoms with van der Waals surface area (Å²) in [5.74, 6) is 5.43. The number of aromatic nitrogens is 2. The van der Waals surface area contributed by atoms with E-state index in [9.17, 15) is 21.6 Å². The monoisotopic (exact) mass is 599 g/mol. The highest BCUT2D eigenvalue weighted by atomic mass is 35.5. The third-order valence-electron chi connectivity index (χ3n) is 5.65. The molecule has 0 amide bonds. The highest BCUT2D eigenvalue weighted by Crippen LogP contribution is 2.38. The van der Waals surface area contributed by atoms with E-state index >= 15 is 4.39 Å². The molecular weight excluding hydrogens is 581 g/mol. The zero-order valence-corrected chi connectivity index (χ0v) is 22.2. The fourth-order valence-electron chi connectivity index (χ4n) is 3.82. The fourth-order valence-corrected chi connectivity index (χ4v) is 4.99. The first kappa shape index (κ1) is 28.4. The smallest absolute Gasteiger partial charge is 0.403 e. The quantitative estimate of drug-likeness (QED) is 0.159. The summed E-state index contributed by atoms with van der Waals surface area (Å²) in [7, 11) is -3.59. The number of hydrogen-bond donors (Lipinski definition) is 2. The molecule has 1 heterocycles. The SMILES string of the molecule is CS(=O)(=O)c1cccc(-c2cc(F)c(-n3cnc(C(F)(F)F)c3)c(N(N)/C(=C\N)c3ccc(Cl)cc3Cl)c2)c1. The number of nitrogens with zero attached hydrogens (tertiary/aromatic N) is 3. The minimum absolute atomic E-state index is 0.0180. The topological polar surface area (TPSA) is 107 Å². The average Bonchev–Trinajstić information content (AvgIpc) is 3.35. The van der Waals surface area contributed by atoms with E-state index < -0.39 is 27.5 Å². The number of anilines is 1. The molecule has 4 aromatic rings. The van der Waals surface area contributed by atoms with Gasteiger partial charge in [0.05, 0.1) is 21.3 Å². The molecule has 0 spiro atoms. The molecule has 0 bridgehead atoms. The zero-order valence-electron chi connectivity index (χ0n) is 19.9. The van der Waals surface area contributed by atoms with Gasteiger partial charge in [-0.1, -0.05) is 35.3 Å². The van der Waals surface area contributed by atoms with Crippen molar-refractivity contribution in [3.05, 3.63) is 100 Å². The summed E-state index contributed by atoms with van der Waals surface area (Å²) in [6.45, 7) is 0. The van der Waals surface area contributed by atoms with Crippen LogP contribution in [0.5, 0.6) is 0 Å². The maximum Gasteiger partial charge on any atom is 0.434 e. The van der Waals surface area contributed by atoms with Gasteiger partial charge in [0.2, 0.25) is 0 Å². The molecule has 204 valence electrons. The molecule has 1 aromatic heterocycles. The van der Waals surface area contributed by atoms with E-state index in [0.717, 1.165) is 34.4 Å². The number of sulfone groups is 1. The fraction of sp³-hybridized carbons (Fsp3) is 0.0800. The predicted molar refractivity (Wildman–Crippen MR) is 142 cm³/mol. The Morgan fingerprint density at radius 1 is 1.08 bits per heavy atom. The van der Waals surface area contributed by atoms with E-state index in [2.05, 4.69) is 4.98 Å². The van der Waals surface area contributed by atoms with Gasteiger partial charge in [-0.15, -0.1) is 0 Å². The van der Waals surface area contributed by atoms with Crippen molar-refractivity contribution in [2.75, 3.05) is 11.3 Å². The highest BCUT2D eigenvalue weighted by molar-refractivity contribution is 7.90. The molecule has 0 aliphatic heterocycles. The second kappa shape index (κ2) is 10.5. The molecule has 0 atom stereocenters. The largest absolute Gasteiger partial charge is 0.434 e. The van der Waals surface area contributed by atoms with Gasteiger partial charge < -0.3 is 10.3 Å². The van der Waals surface area contributed by atoms with Gasteiger partial charge in [-0.25, -0.2) is 23.6 Å². The summed E-state index contributed by atoms with van der Waals surface area (Å²) >= 11 is 12.3. The van der Waals surface area contributed by atoms with Crippen LogP contribution in [0.15, 0.2) is 78.2 Å². The van der Waals surface area contributed by atoms with Crippen LogP contribution in [0.25, 0.3) is 22.5 Å². The van der Waals surface area contributed by atoms with Gasteiger partial charge in [0.15, 0.2) is 15.5 Å². The second-order valence-corrected chi connectivity index (χ2v) is 11.2. The number of halogens is 6. The summed E-state index contributed by atoms with van der Waals surface area (Å²) in [6, 6.07) is 12.6. The van der Waals surface area contributed by atoms with E-state index in [1.807, 2.05) is 0 Å². The van der Waals surface area contributed by atoms with Gasteiger partial charge in [0.25, 0.3) is 0 Å². The van der Waals surface area contributed by atoms with Crippen LogP contribution in [-0.4, -0.2) is 24.2 Å². The number of hydrazine groups is 1. The van der Waals surface area contributed by atoms with Crippen molar-refractivity contribution in [2.24, 2.45) is 11.6 Å². The molecule has 0 saturated carbocycles. The van der Waals surface area contributed by atoms with Crippen LogP contribution in [0.4, 0.5) is 23.2 Å². The summed E-state index contributed by atoms with van der Waals surface area (Å²) in [4.78, 5) is 3.32. The maximum atomic E-state index is 15.8. The number of alkyl halides is 3. The number of imidazole rings is 1. The van der Waals surface area contributed by atoms with E-state index in [4.69, 9.17) is 34.8 Å². The molecule has 7 nitrogen and oxygen atoms in total. The molecule has 14 heteroatoms. The van der Waals surface area contributed by atoms with Crippen LogP contribution in [0.2, 0.25) is 10.0 Å². The average molecular weight is 600 g/mol. The van der Waals surface area contributed by atoms with Crippen molar-refractivity contribution >= 4 is 44.4 Å². The van der Waals surface area contributed by atoms with Gasteiger partial charge in [-0.05, 0) is 53.6 Å². The Kier molecular flexibility index (Phi) is 7.68. The number of nitrogens with two attached hydrogens (primary N) is 2. The van der Waals surface area contributed by atoms with Crippen molar-refractivity contribution in [2.45, 2.75) is 11.1 Å². The van der Waals surface area contributed by atoms with Crippen molar-refractivity contribution in [1.29, 1.82) is 0 Å². The van der Waals surface area contributed by atoms with E-state index in [1.54, 1.807) is 6.07 Å². The minimum atomic E-state index is -4.78. The molecule has 0 unspecified atom stereocenters. The maximum absolute atomic E-state index is 15.8. The van der Waals surface area contributed by atoms with Gasteiger partial charge in [0.1, 0.15) is 17.8 Å². The predicted octanol–water partition coefficient (Wildman–Crippen LogP) is 6.04. The molecule has 4 N–H and O–H groups in total. The standard InChI is InChI=1S/C25H19Cl2F4N5O2S/c1-39(37,38)17-4-2-3-14(7-17)15-8-20(28)24(35-12-23(34-13-35)25(29,30)31)21(9-15)36(33)22(11-32)18-6-5-16(26)10-19(18)27/h2-13H,32-33H2,1H3/b22-11-. The Morgan fingerprint density at radius 3 is 2.38 bits per heavy atom. The molecule has 3 aromatic carbocycles. The van der Waals surface area contributed by atoms with Gasteiger partial charge in [-0.3, -0.25) is 5.01 Å². The van der Waals surface area contributed by atoms with Gasteiger partial charge in [-0.2, -0.15) is 13.2 Å². The van der Waals surface area contributed by atoms with Crippen LogP contribution < -0.4 is 16.6 Å². The third kappa shape index (κ3) is 5.88. The molecule has 0 saturated heterocycles. The van der Waals surface area contributed by atoms with Gasteiger partial charge >= 0.3 is 6.18 Å². The van der Waals surface area contributed by atoms with E-state index in [0.29, 0.717) is 22.3 Å². The lowest BCUT2D eigenvalue weighted by molar-refractivity contribution is -0.140. The minimum Gasteiger partial charge on any atom is -0.403 e. The Hall–Kier alpha value is -3.58. The highest BCUT2D eigenvalue weighted by Gasteiger charge is 2.34. The van der Waals surface area contributed by atoms with Crippen molar-refractivity contribution in [1.82, 2.24) is 9.55 Å². The summed E-state index contributed by atoms with van der Waals surface area (Å²) in [6.07, 6.45) is -1.27. The van der Waals surface area contributed by atoms with Crippen molar-refractivity contribution < 1.29 is 26.0 Å². The lowest BCUT2D eigenvalue weighted by Gasteiger charge is -2.26. The first-order chi connectivity index (χ1) is 18.2. The Labute approximate surface area is 230 Å². The van der Waals surface area contributed by atoms with Crippen molar-refractivity contribution in [3.8, 4) is 16.8 Å². The van der Waals surface area contributed by atoms with Crippen molar-refractivity contribution in [3.63, 3.8) is 0 Å². The molecule has 4 rings (SSSR count). The van der Waals surface area contributed by atoms with Gasteiger partial charge in [0, 0.05) is 29.2 Å². The zero-order chi connectivity index (χ0) is 28.7. The molecule has 0 aliphatic carbocycles. The Morgan fingerprint density at radius 2 is 1.79 bits per heavy atom.